The fourth-order valence-corrected chi connectivity index (χ4v) is 1.66. The molecule has 0 aliphatic carbocycles. The Hall–Kier alpha value is -2.10. The van der Waals surface area contributed by atoms with E-state index < -0.39 is 0 Å². The Morgan fingerprint density at radius 1 is 1.33 bits per heavy atom. The number of hydrogen-bond acceptors (Lipinski definition) is 4. The predicted molar refractivity (Wildman–Crippen MR) is 69.5 cm³/mol. The lowest BCUT2D eigenvalue weighted by molar-refractivity contribution is 0.0982. The molecule has 0 spiro atoms. The maximum Gasteiger partial charge on any atom is 0.180 e. The number of carbonyl (C=O) groups is 1. The van der Waals surface area contributed by atoms with E-state index in [4.69, 9.17) is 4.42 Å². The molecule has 1 N–H and O–H groups in total. The molecule has 4 heteroatoms. The van der Waals surface area contributed by atoms with Crippen LogP contribution in [0.25, 0.3) is 0 Å². The van der Waals surface area contributed by atoms with Crippen molar-refractivity contribution in [1.82, 2.24) is 4.98 Å². The van der Waals surface area contributed by atoms with Gasteiger partial charge in [0.05, 0.1) is 12.7 Å². The van der Waals surface area contributed by atoms with E-state index >= 15 is 0 Å². The average molecular weight is 244 g/mol. The number of anilines is 1. The van der Waals surface area contributed by atoms with E-state index in [-0.39, 0.29) is 5.78 Å². The molecule has 2 aromatic rings. The minimum atomic E-state index is 0.194. The second-order valence-electron chi connectivity index (χ2n) is 4.07. The van der Waals surface area contributed by atoms with Gasteiger partial charge < -0.3 is 9.73 Å². The monoisotopic (exact) mass is 244 g/mol. The maximum atomic E-state index is 11.7. The molecular weight excluding hydrogens is 228 g/mol. The molecule has 0 aliphatic heterocycles. The number of carbonyl (C=O) groups excluding carboxylic acids is 1. The van der Waals surface area contributed by atoms with E-state index in [0.717, 1.165) is 23.4 Å². The average Bonchev–Trinajstić information content (AvgIpc) is 2.90. The summed E-state index contributed by atoms with van der Waals surface area (Å²) in [4.78, 5) is 15.5. The molecule has 0 saturated carbocycles. The molecule has 18 heavy (non-hydrogen) atoms. The molecule has 0 unspecified atom stereocenters. The molecule has 94 valence electrons. The largest absolute Gasteiger partial charge is 0.447 e. The number of benzene rings is 1. The summed E-state index contributed by atoms with van der Waals surface area (Å²) in [7, 11) is 0. The third-order valence-electron chi connectivity index (χ3n) is 2.63. The van der Waals surface area contributed by atoms with Crippen LogP contribution < -0.4 is 5.32 Å². The van der Waals surface area contributed by atoms with Gasteiger partial charge in [-0.3, -0.25) is 4.79 Å². The van der Waals surface area contributed by atoms with Gasteiger partial charge in [0.15, 0.2) is 12.2 Å². The zero-order valence-electron chi connectivity index (χ0n) is 10.3. The minimum Gasteiger partial charge on any atom is -0.447 e. The highest BCUT2D eigenvalue weighted by Crippen LogP contribution is 2.13. The van der Waals surface area contributed by atoms with Gasteiger partial charge in [0.2, 0.25) is 0 Å². The van der Waals surface area contributed by atoms with Crippen LogP contribution in [-0.2, 0) is 6.54 Å². The number of aromatic nitrogens is 1. The van der Waals surface area contributed by atoms with Crippen molar-refractivity contribution in [1.29, 1.82) is 0 Å². The summed E-state index contributed by atoms with van der Waals surface area (Å²) in [6, 6.07) is 7.50. The number of nitrogens with one attached hydrogen (secondary N) is 1. The first-order chi connectivity index (χ1) is 8.79. The molecular formula is C14H16N2O2. The molecule has 4 nitrogen and oxygen atoms in total. The zero-order chi connectivity index (χ0) is 12.8. The topological polar surface area (TPSA) is 55.1 Å². The number of rotatable bonds is 6. The Balaban J connectivity index is 1.93. The lowest BCUT2D eigenvalue weighted by Gasteiger charge is -2.05. The number of Topliss-reactive ketones (excluding diaryl/α,β-unsaturated/α-hetero) is 1. The van der Waals surface area contributed by atoms with Crippen molar-refractivity contribution < 1.29 is 9.21 Å². The van der Waals surface area contributed by atoms with Gasteiger partial charge in [-0.2, -0.15) is 0 Å². The lowest BCUT2D eigenvalue weighted by atomic mass is 10.1. The van der Waals surface area contributed by atoms with Crippen molar-refractivity contribution >= 4 is 11.5 Å². The zero-order valence-corrected chi connectivity index (χ0v) is 10.3. The van der Waals surface area contributed by atoms with E-state index in [0.29, 0.717) is 13.0 Å². The number of ketones is 1. The van der Waals surface area contributed by atoms with Crippen molar-refractivity contribution in [3.63, 3.8) is 0 Å². The standard InChI is InChI=1S/C14H16N2O2/c1-2-3-14(17)11-4-6-12(7-5-11)16-9-13-8-15-10-18-13/h4-8,10,16H,2-3,9H2,1H3. The van der Waals surface area contributed by atoms with Crippen molar-refractivity contribution in [2.45, 2.75) is 26.3 Å². The Morgan fingerprint density at radius 2 is 2.11 bits per heavy atom. The summed E-state index contributed by atoms with van der Waals surface area (Å²) in [5.41, 5.74) is 1.72. The smallest absolute Gasteiger partial charge is 0.180 e. The molecule has 0 aliphatic rings. The highest BCUT2D eigenvalue weighted by molar-refractivity contribution is 5.96. The van der Waals surface area contributed by atoms with Gasteiger partial charge in [-0.15, -0.1) is 0 Å². The van der Waals surface area contributed by atoms with E-state index in [1.165, 1.54) is 6.39 Å². The molecule has 0 fully saturated rings. The molecule has 0 amide bonds. The highest BCUT2D eigenvalue weighted by Gasteiger charge is 2.04. The van der Waals surface area contributed by atoms with Crippen LogP contribution in [0, 0.1) is 0 Å². The van der Waals surface area contributed by atoms with Crippen molar-refractivity contribution in [2.24, 2.45) is 0 Å². The number of hydrogen-bond donors (Lipinski definition) is 1. The second kappa shape index (κ2) is 6.00. The Morgan fingerprint density at radius 3 is 2.72 bits per heavy atom. The Bertz CT molecular complexity index is 489. The Kier molecular flexibility index (Phi) is 4.12. The van der Waals surface area contributed by atoms with Crippen LogP contribution in [0.15, 0.2) is 41.3 Å². The van der Waals surface area contributed by atoms with Crippen molar-refractivity contribution in [3.05, 3.63) is 48.2 Å². The van der Waals surface area contributed by atoms with Crippen LogP contribution in [0.1, 0.15) is 35.9 Å². The highest BCUT2D eigenvalue weighted by atomic mass is 16.3. The molecule has 2 rings (SSSR count). The fourth-order valence-electron chi connectivity index (χ4n) is 1.66. The minimum absolute atomic E-state index is 0.194. The van der Waals surface area contributed by atoms with E-state index in [2.05, 4.69) is 10.3 Å². The van der Waals surface area contributed by atoms with Crippen LogP contribution >= 0.6 is 0 Å². The van der Waals surface area contributed by atoms with Gasteiger partial charge in [-0.05, 0) is 30.7 Å². The quantitative estimate of drug-likeness (QED) is 0.792. The second-order valence-corrected chi connectivity index (χ2v) is 4.07. The first-order valence-electron chi connectivity index (χ1n) is 6.04. The summed E-state index contributed by atoms with van der Waals surface area (Å²) in [6.45, 7) is 2.59. The summed E-state index contributed by atoms with van der Waals surface area (Å²) in [5, 5.41) is 3.20. The molecule has 0 atom stereocenters. The van der Waals surface area contributed by atoms with Gasteiger partial charge in [0.25, 0.3) is 0 Å². The van der Waals surface area contributed by atoms with Gasteiger partial charge in [-0.25, -0.2) is 4.98 Å². The molecule has 0 radical (unpaired) electrons. The first-order valence-corrected chi connectivity index (χ1v) is 6.04. The van der Waals surface area contributed by atoms with Crippen LogP contribution in [-0.4, -0.2) is 10.8 Å². The van der Waals surface area contributed by atoms with Crippen molar-refractivity contribution in [3.8, 4) is 0 Å². The van der Waals surface area contributed by atoms with Gasteiger partial charge in [0, 0.05) is 17.7 Å². The van der Waals surface area contributed by atoms with Gasteiger partial charge in [-0.1, -0.05) is 6.92 Å². The van der Waals surface area contributed by atoms with Crippen LogP contribution in [0.2, 0.25) is 0 Å². The Labute approximate surface area is 106 Å². The SMILES string of the molecule is CCCC(=O)c1ccc(NCc2cnco2)cc1. The fraction of sp³-hybridized carbons (Fsp3) is 0.286. The van der Waals surface area contributed by atoms with E-state index in [1.807, 2.05) is 31.2 Å². The third kappa shape index (κ3) is 3.20. The maximum absolute atomic E-state index is 11.7. The number of oxazole rings is 1. The lowest BCUT2D eigenvalue weighted by Crippen LogP contribution is -2.00. The summed E-state index contributed by atoms with van der Waals surface area (Å²) < 4.78 is 5.12. The molecule has 1 aromatic heterocycles. The molecule has 1 aromatic carbocycles. The van der Waals surface area contributed by atoms with E-state index in [9.17, 15) is 4.79 Å². The molecule has 0 saturated heterocycles. The first kappa shape index (κ1) is 12.4. The normalized spacial score (nSPS) is 10.3. The number of nitrogens with zero attached hydrogens (tertiary/aromatic N) is 1. The third-order valence-corrected chi connectivity index (χ3v) is 2.63. The van der Waals surface area contributed by atoms with Gasteiger partial charge >= 0.3 is 0 Å². The van der Waals surface area contributed by atoms with Crippen LogP contribution in [0.3, 0.4) is 0 Å². The molecule has 0 bridgehead atoms. The summed E-state index contributed by atoms with van der Waals surface area (Å²) in [5.74, 6) is 0.973. The van der Waals surface area contributed by atoms with Crippen molar-refractivity contribution in [2.75, 3.05) is 5.32 Å². The van der Waals surface area contributed by atoms with Crippen LogP contribution in [0.4, 0.5) is 5.69 Å². The van der Waals surface area contributed by atoms with E-state index in [1.54, 1.807) is 6.20 Å². The summed E-state index contributed by atoms with van der Waals surface area (Å²) in [6.07, 6.45) is 4.56. The predicted octanol–water partition coefficient (Wildman–Crippen LogP) is 3.27. The van der Waals surface area contributed by atoms with Gasteiger partial charge in [0.1, 0.15) is 5.76 Å². The van der Waals surface area contributed by atoms with Crippen LogP contribution in [0.5, 0.6) is 0 Å². The molecule has 1 heterocycles. The summed E-state index contributed by atoms with van der Waals surface area (Å²) >= 11 is 0.